The molecule has 3 N–H and O–H groups in total. The minimum atomic E-state index is -4.73. The number of hydrogen-bond acceptors (Lipinski definition) is 11. The number of rotatable bonds is 13. The highest BCUT2D eigenvalue weighted by Crippen LogP contribution is 2.47. The zero-order valence-corrected chi connectivity index (χ0v) is 37.6. The molecule has 2 aromatic heterocycles. The van der Waals surface area contributed by atoms with Crippen molar-refractivity contribution in [1.82, 2.24) is 19.6 Å². The molecule has 332 valence electrons. The van der Waals surface area contributed by atoms with Crippen LogP contribution in [0.5, 0.6) is 11.5 Å². The third-order valence-corrected chi connectivity index (χ3v) is 16.0. The zero-order chi connectivity index (χ0) is 44.5. The van der Waals surface area contributed by atoms with Gasteiger partial charge in [0.05, 0.1) is 21.6 Å². The van der Waals surface area contributed by atoms with Crippen LogP contribution in [0.15, 0.2) is 95.7 Å². The van der Waals surface area contributed by atoms with Gasteiger partial charge in [-0.15, -0.1) is 0 Å². The maximum absolute atomic E-state index is 13.9. The molecule has 5 aromatic rings. The standard InChI is InChI=1S/C45H50ClN6O9PS/c1-45(2)15-11-33(39(26-45)31-3-5-34(46)6-4-31)28-50-17-19-51(20-18-50)35-7-9-38(41(24-35)61-36-23-32-12-16-47-43(32)48-27-36)44(53)49-63(58,59)37-8-10-42(40(25-37)52(54)55)62(56,57)29-30-13-21-60-22-14-30/h3-10,12,16,23-25,27,30H,11,13-15,17-22,26,28-29H2,1-2H3,(H,47,48)(H,49,53)(H,56,57). The van der Waals surface area contributed by atoms with Gasteiger partial charge in [0.2, 0.25) is 7.37 Å². The van der Waals surface area contributed by atoms with E-state index in [4.69, 9.17) is 21.1 Å². The lowest BCUT2D eigenvalue weighted by Gasteiger charge is -2.39. The number of aromatic nitrogens is 2. The van der Waals surface area contributed by atoms with Gasteiger partial charge in [-0.25, -0.2) is 18.1 Å². The molecule has 1 aliphatic carbocycles. The Bertz CT molecular complexity index is 2730. The van der Waals surface area contributed by atoms with E-state index >= 15 is 0 Å². The number of carbonyl (C=O) groups excluding carboxylic acids is 1. The summed E-state index contributed by atoms with van der Waals surface area (Å²) in [6, 6.07) is 19.3. The number of hydrogen-bond donors (Lipinski definition) is 3. The Morgan fingerprint density at radius 1 is 1.06 bits per heavy atom. The molecule has 4 heterocycles. The number of nitro groups is 1. The molecule has 3 aromatic carbocycles. The fourth-order valence-corrected chi connectivity index (χ4v) is 11.9. The Kier molecular flexibility index (Phi) is 12.8. The highest BCUT2D eigenvalue weighted by Gasteiger charge is 2.36. The number of carbonyl (C=O) groups is 1. The van der Waals surface area contributed by atoms with Crippen molar-refractivity contribution in [3.05, 3.63) is 117 Å². The molecule has 0 radical (unpaired) electrons. The van der Waals surface area contributed by atoms with Crippen molar-refractivity contribution in [1.29, 1.82) is 0 Å². The molecular formula is C45H50ClN6O9PS. The van der Waals surface area contributed by atoms with Crippen LogP contribution >= 0.6 is 19.0 Å². The highest BCUT2D eigenvalue weighted by atomic mass is 35.5. The number of fused-ring (bicyclic) bond motifs is 1. The Labute approximate surface area is 371 Å². The number of sulfonamides is 1. The Morgan fingerprint density at radius 2 is 1.81 bits per heavy atom. The van der Waals surface area contributed by atoms with Crippen molar-refractivity contribution in [2.75, 3.05) is 57.0 Å². The van der Waals surface area contributed by atoms with Crippen LogP contribution in [0, 0.1) is 21.4 Å². The summed E-state index contributed by atoms with van der Waals surface area (Å²) in [6.45, 7) is 9.29. The van der Waals surface area contributed by atoms with Crippen LogP contribution in [0.4, 0.5) is 11.4 Å². The lowest BCUT2D eigenvalue weighted by molar-refractivity contribution is -0.383. The average molecular weight is 917 g/mol. The second-order valence-corrected chi connectivity index (χ2v) is 21.7. The number of halogens is 1. The van der Waals surface area contributed by atoms with Gasteiger partial charge in [-0.2, -0.15) is 0 Å². The van der Waals surface area contributed by atoms with Gasteiger partial charge in [-0.3, -0.25) is 24.4 Å². The molecule has 15 nitrogen and oxygen atoms in total. The summed E-state index contributed by atoms with van der Waals surface area (Å²) in [5, 5.41) is 13.2. The Balaban J connectivity index is 1.02. The van der Waals surface area contributed by atoms with Crippen molar-refractivity contribution in [2.45, 2.75) is 50.8 Å². The van der Waals surface area contributed by atoms with E-state index in [-0.39, 0.29) is 28.8 Å². The molecule has 2 aliphatic heterocycles. The maximum atomic E-state index is 13.9. The van der Waals surface area contributed by atoms with Crippen LogP contribution in [0.25, 0.3) is 16.6 Å². The maximum Gasteiger partial charge on any atom is 0.283 e. The van der Waals surface area contributed by atoms with Gasteiger partial charge in [0, 0.05) is 86.5 Å². The largest absolute Gasteiger partial charge is 0.455 e. The lowest BCUT2D eigenvalue weighted by atomic mass is 9.72. The first-order valence-electron chi connectivity index (χ1n) is 21.0. The fraction of sp³-hybridized carbons (Fsp3) is 0.378. The van der Waals surface area contributed by atoms with Gasteiger partial charge in [0.1, 0.15) is 22.5 Å². The molecule has 3 aliphatic rings. The normalized spacial score (nSPS) is 18.6. The summed E-state index contributed by atoms with van der Waals surface area (Å²) in [6.07, 6.45) is 7.22. The van der Waals surface area contributed by atoms with Gasteiger partial charge in [-0.05, 0) is 103 Å². The molecule has 2 fully saturated rings. The quantitative estimate of drug-likeness (QED) is 0.0583. The second-order valence-electron chi connectivity index (χ2n) is 17.3. The fourth-order valence-electron chi connectivity index (χ4n) is 8.71. The first kappa shape index (κ1) is 44.5. The monoisotopic (exact) mass is 916 g/mol. The van der Waals surface area contributed by atoms with Crippen LogP contribution in [-0.2, 0) is 19.3 Å². The first-order valence-corrected chi connectivity index (χ1v) is 24.7. The number of amides is 1. The van der Waals surface area contributed by atoms with Gasteiger partial charge >= 0.3 is 0 Å². The number of H-pyrrole nitrogens is 1. The topological polar surface area (TPSA) is 197 Å². The molecule has 63 heavy (non-hydrogen) atoms. The molecule has 1 atom stereocenters. The van der Waals surface area contributed by atoms with Crippen molar-refractivity contribution >= 4 is 68.2 Å². The first-order chi connectivity index (χ1) is 30.0. The number of ether oxygens (including phenoxy) is 2. The van der Waals surface area contributed by atoms with E-state index in [1.807, 2.05) is 22.9 Å². The summed E-state index contributed by atoms with van der Waals surface area (Å²) in [7, 11) is -9.00. The van der Waals surface area contributed by atoms with Gasteiger partial charge < -0.3 is 24.3 Å². The van der Waals surface area contributed by atoms with Crippen LogP contribution in [-0.4, -0.2) is 91.1 Å². The summed E-state index contributed by atoms with van der Waals surface area (Å²) in [5.74, 6) is -0.854. The molecule has 1 unspecified atom stereocenters. The molecular weight excluding hydrogens is 867 g/mol. The number of nitrogens with one attached hydrogen (secondary N) is 2. The molecule has 2 saturated heterocycles. The second kappa shape index (κ2) is 18.2. The molecule has 1 amide bonds. The van der Waals surface area contributed by atoms with Crippen molar-refractivity contribution in [3.8, 4) is 11.5 Å². The predicted molar refractivity (Wildman–Crippen MR) is 243 cm³/mol. The molecule has 0 bridgehead atoms. The van der Waals surface area contributed by atoms with E-state index in [1.165, 1.54) is 29.0 Å². The number of nitro benzene ring substituents is 1. The van der Waals surface area contributed by atoms with Crippen LogP contribution in [0.1, 0.15) is 61.9 Å². The van der Waals surface area contributed by atoms with Crippen LogP contribution < -0.4 is 19.7 Å². The highest BCUT2D eigenvalue weighted by molar-refractivity contribution is 7.90. The SMILES string of the molecule is CC1(C)CCC(CN2CCN(c3ccc(C(=O)NS(=O)(=O)c4ccc(P(=O)(O)CC5CCOCC5)c([N+](=O)[O-])c4)c(Oc4cnc5[nH]ccc5c4)c3)CC2)=C(c2ccc(Cl)cc2)C1. The van der Waals surface area contributed by atoms with Crippen LogP contribution in [0.3, 0.4) is 0 Å². The molecule has 0 saturated carbocycles. The third kappa shape index (κ3) is 10.3. The van der Waals surface area contributed by atoms with E-state index in [0.717, 1.165) is 62.1 Å². The number of allylic oxidation sites excluding steroid dienone is 1. The predicted octanol–water partition coefficient (Wildman–Crippen LogP) is 8.14. The molecule has 8 rings (SSSR count). The van der Waals surface area contributed by atoms with E-state index in [1.54, 1.807) is 24.4 Å². The van der Waals surface area contributed by atoms with Gasteiger partial charge in [0.15, 0.2) is 0 Å². The summed E-state index contributed by atoms with van der Waals surface area (Å²) >= 11 is 6.23. The molecule has 18 heteroatoms. The number of pyridine rings is 1. The third-order valence-electron chi connectivity index (χ3n) is 12.2. The van der Waals surface area contributed by atoms with Crippen molar-refractivity contribution in [2.24, 2.45) is 11.3 Å². The summed E-state index contributed by atoms with van der Waals surface area (Å²) in [4.78, 5) is 47.6. The number of nitrogens with zero attached hydrogens (tertiary/aromatic N) is 4. The van der Waals surface area contributed by atoms with Crippen LogP contribution in [0.2, 0.25) is 5.02 Å². The van der Waals surface area contributed by atoms with E-state index < -0.39 is 44.1 Å². The number of anilines is 1. The summed E-state index contributed by atoms with van der Waals surface area (Å²) in [5.41, 5.74) is 4.72. The average Bonchev–Trinajstić information content (AvgIpc) is 3.73. The minimum absolute atomic E-state index is 0.0672. The number of benzene rings is 3. The number of aromatic amines is 1. The van der Waals surface area contributed by atoms with Gasteiger partial charge in [-0.1, -0.05) is 43.2 Å². The Morgan fingerprint density at radius 3 is 2.54 bits per heavy atom. The van der Waals surface area contributed by atoms with Gasteiger partial charge in [0.25, 0.3) is 21.6 Å². The van der Waals surface area contributed by atoms with E-state index in [9.17, 15) is 32.8 Å². The zero-order valence-electron chi connectivity index (χ0n) is 35.1. The Hall–Kier alpha value is -5.09. The van der Waals surface area contributed by atoms with E-state index in [0.29, 0.717) is 61.6 Å². The smallest absolute Gasteiger partial charge is 0.283 e. The number of piperazine rings is 1. The van der Waals surface area contributed by atoms with Crippen molar-refractivity contribution < 1.29 is 37.1 Å². The molecule has 0 spiro atoms. The van der Waals surface area contributed by atoms with Crippen molar-refractivity contribution in [3.63, 3.8) is 0 Å². The lowest BCUT2D eigenvalue weighted by Crippen LogP contribution is -2.47. The van der Waals surface area contributed by atoms with E-state index in [2.05, 4.69) is 45.7 Å². The minimum Gasteiger partial charge on any atom is -0.455 e. The summed E-state index contributed by atoms with van der Waals surface area (Å²) < 4.78 is 54.5.